The van der Waals surface area contributed by atoms with E-state index in [1.165, 1.54) is 24.5 Å². The van der Waals surface area contributed by atoms with Crippen LogP contribution in [-0.2, 0) is 16.4 Å². The fourth-order valence-electron chi connectivity index (χ4n) is 1.75. The highest BCUT2D eigenvalue weighted by Gasteiger charge is 2.18. The number of carbonyl (C=O) groups is 1. The van der Waals surface area contributed by atoms with E-state index in [2.05, 4.69) is 10.6 Å². The van der Waals surface area contributed by atoms with Crippen molar-refractivity contribution in [3.8, 4) is 0 Å². The van der Waals surface area contributed by atoms with Crippen LogP contribution in [0.3, 0.4) is 0 Å². The second kappa shape index (κ2) is 7.08. The van der Waals surface area contributed by atoms with Crippen LogP contribution in [0.4, 0.5) is 9.18 Å². The Morgan fingerprint density at radius 3 is 2.59 bits per heavy atom. The summed E-state index contributed by atoms with van der Waals surface area (Å²) in [6.45, 7) is 0.0690. The quantitative estimate of drug-likeness (QED) is 0.845. The monoisotopic (exact) mass is 326 g/mol. The van der Waals surface area contributed by atoms with Gasteiger partial charge in [-0.1, -0.05) is 12.1 Å². The maximum absolute atomic E-state index is 13.5. The van der Waals surface area contributed by atoms with Gasteiger partial charge in [-0.05, 0) is 24.3 Å². The summed E-state index contributed by atoms with van der Waals surface area (Å²) in [5.74, 6) is -0.610. The van der Waals surface area contributed by atoms with E-state index in [0.29, 0.717) is 5.76 Å². The minimum absolute atomic E-state index is 0.124. The Hall–Kier alpha value is -2.35. The van der Waals surface area contributed by atoms with Crippen molar-refractivity contribution in [2.75, 3.05) is 12.3 Å². The van der Waals surface area contributed by atoms with Crippen LogP contribution in [0.2, 0.25) is 0 Å². The van der Waals surface area contributed by atoms with Crippen molar-refractivity contribution >= 4 is 15.9 Å². The molecular weight excluding hydrogens is 311 g/mol. The molecular formula is C14H15FN2O4S. The van der Waals surface area contributed by atoms with Gasteiger partial charge in [0, 0.05) is 6.54 Å². The van der Waals surface area contributed by atoms with E-state index in [1.807, 2.05) is 0 Å². The van der Waals surface area contributed by atoms with Gasteiger partial charge in [-0.2, -0.15) is 0 Å². The summed E-state index contributed by atoms with van der Waals surface area (Å²) in [5, 5.41) is 4.91. The number of urea groups is 1. The van der Waals surface area contributed by atoms with Crippen molar-refractivity contribution in [3.05, 3.63) is 54.2 Å². The molecule has 0 fully saturated rings. The van der Waals surface area contributed by atoms with Crippen LogP contribution in [0.5, 0.6) is 0 Å². The molecule has 0 aliphatic rings. The SMILES string of the molecule is O=C(NCCS(=O)(=O)c1ccccc1F)NCc1ccco1. The van der Waals surface area contributed by atoms with Crippen LogP contribution < -0.4 is 10.6 Å². The first kappa shape index (κ1) is 16.0. The lowest BCUT2D eigenvalue weighted by Gasteiger charge is -2.08. The number of nitrogens with one attached hydrogen (secondary N) is 2. The number of benzene rings is 1. The van der Waals surface area contributed by atoms with Crippen molar-refractivity contribution in [3.63, 3.8) is 0 Å². The van der Waals surface area contributed by atoms with Crippen molar-refractivity contribution in [2.45, 2.75) is 11.4 Å². The van der Waals surface area contributed by atoms with E-state index in [4.69, 9.17) is 4.42 Å². The Balaban J connectivity index is 1.80. The molecule has 2 rings (SSSR count). The maximum Gasteiger partial charge on any atom is 0.315 e. The molecule has 2 amide bonds. The standard InChI is InChI=1S/C14H15FN2O4S/c15-12-5-1-2-6-13(12)22(19,20)9-7-16-14(18)17-10-11-4-3-8-21-11/h1-6,8H,7,9-10H2,(H2,16,17,18). The average Bonchev–Trinajstić information content (AvgIpc) is 2.98. The Morgan fingerprint density at radius 1 is 1.14 bits per heavy atom. The van der Waals surface area contributed by atoms with Crippen LogP contribution in [0.1, 0.15) is 5.76 Å². The molecule has 8 heteroatoms. The number of sulfone groups is 1. The summed E-state index contributed by atoms with van der Waals surface area (Å²) in [6, 6.07) is 7.99. The van der Waals surface area contributed by atoms with Gasteiger partial charge in [0.05, 0.1) is 18.6 Å². The molecule has 0 saturated carbocycles. The molecule has 0 spiro atoms. The van der Waals surface area contributed by atoms with E-state index in [-0.39, 0.29) is 23.7 Å². The zero-order valence-corrected chi connectivity index (χ0v) is 12.4. The fraction of sp³-hybridized carbons (Fsp3) is 0.214. The normalized spacial score (nSPS) is 11.1. The van der Waals surface area contributed by atoms with E-state index in [0.717, 1.165) is 6.07 Å². The molecule has 118 valence electrons. The zero-order chi connectivity index (χ0) is 16.0. The highest BCUT2D eigenvalue weighted by atomic mass is 32.2. The maximum atomic E-state index is 13.5. The first-order valence-corrected chi connectivity index (χ1v) is 8.15. The van der Waals surface area contributed by atoms with Gasteiger partial charge in [0.25, 0.3) is 0 Å². The minimum atomic E-state index is -3.78. The lowest BCUT2D eigenvalue weighted by Crippen LogP contribution is -2.37. The predicted octanol–water partition coefficient (Wildman–Crippen LogP) is 1.69. The lowest BCUT2D eigenvalue weighted by molar-refractivity contribution is 0.240. The topological polar surface area (TPSA) is 88.4 Å². The van der Waals surface area contributed by atoms with Crippen LogP contribution >= 0.6 is 0 Å². The lowest BCUT2D eigenvalue weighted by atomic mass is 10.3. The molecule has 0 atom stereocenters. The summed E-state index contributed by atoms with van der Waals surface area (Å²) in [5.41, 5.74) is 0. The third-order valence-electron chi connectivity index (χ3n) is 2.83. The second-order valence-corrected chi connectivity index (χ2v) is 6.52. The first-order valence-electron chi connectivity index (χ1n) is 6.50. The molecule has 0 bridgehead atoms. The molecule has 0 aliphatic heterocycles. The fourth-order valence-corrected chi connectivity index (χ4v) is 2.99. The highest BCUT2D eigenvalue weighted by Crippen LogP contribution is 2.14. The molecule has 22 heavy (non-hydrogen) atoms. The second-order valence-electron chi connectivity index (χ2n) is 4.44. The molecule has 0 saturated heterocycles. The van der Waals surface area contributed by atoms with Crippen molar-refractivity contribution in [1.82, 2.24) is 10.6 Å². The molecule has 1 heterocycles. The molecule has 6 nitrogen and oxygen atoms in total. The van der Waals surface area contributed by atoms with E-state index < -0.39 is 21.7 Å². The highest BCUT2D eigenvalue weighted by molar-refractivity contribution is 7.91. The van der Waals surface area contributed by atoms with Crippen molar-refractivity contribution in [1.29, 1.82) is 0 Å². The van der Waals surface area contributed by atoms with E-state index in [9.17, 15) is 17.6 Å². The van der Waals surface area contributed by atoms with Crippen molar-refractivity contribution in [2.24, 2.45) is 0 Å². The van der Waals surface area contributed by atoms with Gasteiger partial charge in [0.2, 0.25) is 0 Å². The van der Waals surface area contributed by atoms with Gasteiger partial charge in [-0.25, -0.2) is 17.6 Å². The number of hydrogen-bond acceptors (Lipinski definition) is 4. The number of hydrogen-bond donors (Lipinski definition) is 2. The largest absolute Gasteiger partial charge is 0.467 e. The smallest absolute Gasteiger partial charge is 0.315 e. The van der Waals surface area contributed by atoms with Gasteiger partial charge < -0.3 is 15.1 Å². The average molecular weight is 326 g/mol. The third-order valence-corrected chi connectivity index (χ3v) is 4.57. The minimum Gasteiger partial charge on any atom is -0.467 e. The molecule has 1 aromatic carbocycles. The summed E-state index contributed by atoms with van der Waals surface area (Å²) in [6.07, 6.45) is 1.48. The van der Waals surface area contributed by atoms with Gasteiger partial charge in [-0.15, -0.1) is 0 Å². The number of rotatable bonds is 6. The van der Waals surface area contributed by atoms with Gasteiger partial charge in [-0.3, -0.25) is 0 Å². The number of furan rings is 1. The first-order chi connectivity index (χ1) is 10.5. The molecule has 2 N–H and O–H groups in total. The van der Waals surface area contributed by atoms with Crippen LogP contribution in [0.15, 0.2) is 52.0 Å². The molecule has 1 aromatic heterocycles. The summed E-state index contributed by atoms with van der Waals surface area (Å²) in [7, 11) is -3.78. The van der Waals surface area contributed by atoms with Gasteiger partial charge >= 0.3 is 6.03 Å². The van der Waals surface area contributed by atoms with Gasteiger partial charge in [0.1, 0.15) is 16.5 Å². The van der Waals surface area contributed by atoms with Crippen LogP contribution in [-0.4, -0.2) is 26.7 Å². The van der Waals surface area contributed by atoms with Crippen LogP contribution in [0.25, 0.3) is 0 Å². The number of halogens is 1. The summed E-state index contributed by atoms with van der Waals surface area (Å²) >= 11 is 0. The molecule has 2 aromatic rings. The number of amides is 2. The summed E-state index contributed by atoms with van der Waals surface area (Å²) < 4.78 is 42.4. The Morgan fingerprint density at radius 2 is 1.91 bits per heavy atom. The zero-order valence-electron chi connectivity index (χ0n) is 11.6. The molecule has 0 radical (unpaired) electrons. The Bertz CT molecular complexity index is 729. The van der Waals surface area contributed by atoms with E-state index >= 15 is 0 Å². The predicted molar refractivity (Wildman–Crippen MR) is 77.4 cm³/mol. The number of carbonyl (C=O) groups excluding carboxylic acids is 1. The molecule has 0 unspecified atom stereocenters. The summed E-state index contributed by atoms with van der Waals surface area (Å²) in [4.78, 5) is 11.1. The Labute approximate surface area is 127 Å². The van der Waals surface area contributed by atoms with E-state index in [1.54, 1.807) is 12.1 Å². The molecule has 0 aliphatic carbocycles. The van der Waals surface area contributed by atoms with Crippen LogP contribution in [0, 0.1) is 5.82 Å². The van der Waals surface area contributed by atoms with Crippen molar-refractivity contribution < 1.29 is 22.0 Å². The third kappa shape index (κ3) is 4.32. The Kier molecular flexibility index (Phi) is 5.16. The van der Waals surface area contributed by atoms with Gasteiger partial charge in [0.15, 0.2) is 9.84 Å².